The minimum Gasteiger partial charge on any atom is -0.303 e. The Hall–Kier alpha value is -1.07. The van der Waals surface area contributed by atoms with Crippen molar-refractivity contribution >= 4 is 15.7 Å². The van der Waals surface area contributed by atoms with Crippen LogP contribution in [0.4, 0.5) is 5.69 Å². The number of hydrogen-bond acceptors (Lipinski definition) is 3. The number of sulfonamides is 1. The molecule has 1 aliphatic rings. The van der Waals surface area contributed by atoms with Gasteiger partial charge in [-0.1, -0.05) is 59.6 Å². The topological polar surface area (TPSA) is 49.4 Å². The monoisotopic (exact) mass is 408 g/mol. The van der Waals surface area contributed by atoms with E-state index in [0.717, 1.165) is 25.4 Å². The quantitative estimate of drug-likeness (QED) is 0.537. The predicted molar refractivity (Wildman–Crippen MR) is 120 cm³/mol. The SMILES string of the molecule is CCCS(=O)(=O)Nc1cccc(C2(C)CCN(CCCCC(C)C)CC2C)c1. The van der Waals surface area contributed by atoms with Crippen LogP contribution >= 0.6 is 0 Å². The molecule has 1 fully saturated rings. The van der Waals surface area contributed by atoms with E-state index in [-0.39, 0.29) is 11.2 Å². The highest BCUT2D eigenvalue weighted by Crippen LogP contribution is 2.40. The van der Waals surface area contributed by atoms with Gasteiger partial charge in [-0.3, -0.25) is 4.72 Å². The zero-order chi connectivity index (χ0) is 20.8. The molecule has 0 radical (unpaired) electrons. The third-order valence-electron chi connectivity index (χ3n) is 6.34. The predicted octanol–water partition coefficient (Wildman–Crippen LogP) is 5.26. The van der Waals surface area contributed by atoms with Gasteiger partial charge in [0.05, 0.1) is 5.75 Å². The van der Waals surface area contributed by atoms with Crippen LogP contribution in [0.5, 0.6) is 0 Å². The van der Waals surface area contributed by atoms with Crippen molar-refractivity contribution in [2.24, 2.45) is 11.8 Å². The lowest BCUT2D eigenvalue weighted by atomic mass is 9.68. The summed E-state index contributed by atoms with van der Waals surface area (Å²) >= 11 is 0. The Bertz CT molecular complexity index is 717. The van der Waals surface area contributed by atoms with Crippen molar-refractivity contribution in [3.8, 4) is 0 Å². The van der Waals surface area contributed by atoms with Crippen molar-refractivity contribution < 1.29 is 8.42 Å². The summed E-state index contributed by atoms with van der Waals surface area (Å²) in [5, 5.41) is 0. The maximum atomic E-state index is 12.1. The minimum atomic E-state index is -3.25. The molecule has 2 rings (SSSR count). The van der Waals surface area contributed by atoms with E-state index in [1.54, 1.807) is 0 Å². The molecule has 1 N–H and O–H groups in total. The van der Waals surface area contributed by atoms with Gasteiger partial charge in [0.1, 0.15) is 0 Å². The maximum absolute atomic E-state index is 12.1. The molecule has 5 heteroatoms. The zero-order valence-electron chi connectivity index (χ0n) is 18.5. The van der Waals surface area contributed by atoms with Crippen molar-refractivity contribution in [3.63, 3.8) is 0 Å². The molecular weight excluding hydrogens is 368 g/mol. The second kappa shape index (κ2) is 10.1. The molecule has 1 saturated heterocycles. The normalized spacial score (nSPS) is 23.9. The fourth-order valence-electron chi connectivity index (χ4n) is 4.27. The van der Waals surface area contributed by atoms with Gasteiger partial charge in [-0.25, -0.2) is 8.42 Å². The molecule has 1 aromatic carbocycles. The molecule has 2 unspecified atom stereocenters. The first kappa shape index (κ1) is 23.2. The lowest BCUT2D eigenvalue weighted by Crippen LogP contribution is -2.47. The molecule has 0 spiro atoms. The molecule has 2 atom stereocenters. The Labute approximate surface area is 173 Å². The first-order valence-electron chi connectivity index (χ1n) is 11.0. The average Bonchev–Trinajstić information content (AvgIpc) is 2.61. The molecule has 0 aromatic heterocycles. The molecular formula is C23H40N2O2S. The number of nitrogens with zero attached hydrogens (tertiary/aromatic N) is 1. The third kappa shape index (κ3) is 6.48. The molecule has 0 aliphatic carbocycles. The van der Waals surface area contributed by atoms with Crippen molar-refractivity contribution in [1.82, 2.24) is 4.90 Å². The zero-order valence-corrected chi connectivity index (χ0v) is 19.3. The third-order valence-corrected chi connectivity index (χ3v) is 7.83. The van der Waals surface area contributed by atoms with Crippen LogP contribution < -0.4 is 4.72 Å². The fourth-order valence-corrected chi connectivity index (χ4v) is 5.40. The van der Waals surface area contributed by atoms with Crippen molar-refractivity contribution in [2.75, 3.05) is 30.1 Å². The molecule has 1 aromatic rings. The molecule has 0 saturated carbocycles. The maximum Gasteiger partial charge on any atom is 0.232 e. The highest BCUT2D eigenvalue weighted by molar-refractivity contribution is 7.92. The van der Waals surface area contributed by atoms with E-state index in [9.17, 15) is 8.42 Å². The summed E-state index contributed by atoms with van der Waals surface area (Å²) in [6, 6.07) is 8.04. The summed E-state index contributed by atoms with van der Waals surface area (Å²) in [7, 11) is -3.25. The number of benzene rings is 1. The summed E-state index contributed by atoms with van der Waals surface area (Å²) in [4.78, 5) is 2.61. The number of nitrogens with one attached hydrogen (secondary N) is 1. The molecule has 28 heavy (non-hydrogen) atoms. The van der Waals surface area contributed by atoms with Crippen molar-refractivity contribution in [2.45, 2.75) is 72.1 Å². The van der Waals surface area contributed by atoms with E-state index >= 15 is 0 Å². The number of likely N-dealkylation sites (tertiary alicyclic amines) is 1. The first-order chi connectivity index (χ1) is 13.2. The number of piperidine rings is 1. The van der Waals surface area contributed by atoms with Crippen LogP contribution in [0.15, 0.2) is 24.3 Å². The fraction of sp³-hybridized carbons (Fsp3) is 0.739. The number of anilines is 1. The Morgan fingerprint density at radius 2 is 2.04 bits per heavy atom. The summed E-state index contributed by atoms with van der Waals surface area (Å²) in [5.41, 5.74) is 2.02. The molecule has 1 aliphatic heterocycles. The lowest BCUT2D eigenvalue weighted by molar-refractivity contribution is 0.109. The molecule has 0 bridgehead atoms. The van der Waals surface area contributed by atoms with Crippen LogP contribution in [0, 0.1) is 11.8 Å². The first-order valence-corrected chi connectivity index (χ1v) is 12.6. The minimum absolute atomic E-state index is 0.0840. The second-order valence-corrected chi connectivity index (χ2v) is 11.1. The smallest absolute Gasteiger partial charge is 0.232 e. The van der Waals surface area contributed by atoms with E-state index in [4.69, 9.17) is 0 Å². The number of rotatable bonds is 10. The second-order valence-electron chi connectivity index (χ2n) is 9.26. The van der Waals surface area contributed by atoms with Gasteiger partial charge in [0.2, 0.25) is 10.0 Å². The van der Waals surface area contributed by atoms with Gasteiger partial charge in [0.15, 0.2) is 0 Å². The molecule has 4 nitrogen and oxygen atoms in total. The number of unbranched alkanes of at least 4 members (excludes halogenated alkanes) is 1. The summed E-state index contributed by atoms with van der Waals surface area (Å²) in [6.07, 6.45) is 5.66. The van der Waals surface area contributed by atoms with Gasteiger partial charge >= 0.3 is 0 Å². The summed E-state index contributed by atoms with van der Waals surface area (Å²) in [5.74, 6) is 1.50. The van der Waals surface area contributed by atoms with Gasteiger partial charge in [0, 0.05) is 12.2 Å². The van der Waals surface area contributed by atoms with Gasteiger partial charge in [-0.2, -0.15) is 0 Å². The van der Waals surface area contributed by atoms with Crippen LogP contribution in [0.3, 0.4) is 0 Å². The van der Waals surface area contributed by atoms with Gasteiger partial charge in [0.25, 0.3) is 0 Å². The molecule has 160 valence electrons. The van der Waals surface area contributed by atoms with Crippen LogP contribution in [-0.4, -0.2) is 38.7 Å². The van der Waals surface area contributed by atoms with Crippen molar-refractivity contribution in [3.05, 3.63) is 29.8 Å². The Morgan fingerprint density at radius 3 is 2.68 bits per heavy atom. The van der Waals surface area contributed by atoms with Gasteiger partial charge in [-0.05, 0) is 67.3 Å². The van der Waals surface area contributed by atoms with E-state index in [0.29, 0.717) is 18.0 Å². The van der Waals surface area contributed by atoms with Crippen LogP contribution in [0.1, 0.15) is 72.3 Å². The largest absolute Gasteiger partial charge is 0.303 e. The highest BCUT2D eigenvalue weighted by atomic mass is 32.2. The van der Waals surface area contributed by atoms with Crippen LogP contribution in [-0.2, 0) is 15.4 Å². The standard InChI is InChI=1S/C23H40N2O2S/c1-6-16-28(26,27)24-22-12-9-11-21(17-22)23(5)13-15-25(18-20(23)4)14-8-7-10-19(2)3/h9,11-12,17,19-20,24H,6-8,10,13-16,18H2,1-5H3. The Morgan fingerprint density at radius 1 is 1.29 bits per heavy atom. The van der Waals surface area contributed by atoms with Crippen LogP contribution in [0.25, 0.3) is 0 Å². The Balaban J connectivity index is 2.00. The van der Waals surface area contributed by atoms with E-state index in [2.05, 4.69) is 43.4 Å². The van der Waals surface area contributed by atoms with Crippen LogP contribution in [0.2, 0.25) is 0 Å². The number of hydrogen-bond donors (Lipinski definition) is 1. The lowest BCUT2D eigenvalue weighted by Gasteiger charge is -2.45. The average molecular weight is 409 g/mol. The van der Waals surface area contributed by atoms with Crippen molar-refractivity contribution in [1.29, 1.82) is 0 Å². The van der Waals surface area contributed by atoms with E-state index in [1.165, 1.54) is 31.4 Å². The Kier molecular flexibility index (Phi) is 8.38. The van der Waals surface area contributed by atoms with E-state index < -0.39 is 10.0 Å². The van der Waals surface area contributed by atoms with E-state index in [1.807, 2.05) is 25.1 Å². The highest BCUT2D eigenvalue weighted by Gasteiger charge is 2.37. The summed E-state index contributed by atoms with van der Waals surface area (Å²) in [6.45, 7) is 14.6. The molecule has 1 heterocycles. The molecule has 0 amide bonds. The van der Waals surface area contributed by atoms with Gasteiger partial charge < -0.3 is 4.90 Å². The summed E-state index contributed by atoms with van der Waals surface area (Å²) < 4.78 is 27.0. The van der Waals surface area contributed by atoms with Gasteiger partial charge in [-0.15, -0.1) is 0 Å².